The summed E-state index contributed by atoms with van der Waals surface area (Å²) in [6, 6.07) is 7.49. The number of amides is 1. The van der Waals surface area contributed by atoms with Gasteiger partial charge in [-0.2, -0.15) is 0 Å². The Labute approximate surface area is 227 Å². The Hall–Kier alpha value is -3.08. The van der Waals surface area contributed by atoms with Crippen molar-refractivity contribution >= 4 is 40.2 Å². The third kappa shape index (κ3) is 7.49. The molecule has 4 rings (SSSR count). The number of carbonyl (C=O) groups excluding carboxylic acids is 1. The van der Waals surface area contributed by atoms with Crippen LogP contribution in [0.2, 0.25) is 5.02 Å². The fraction of sp³-hybridized carbons (Fsp3) is 0.519. The highest BCUT2D eigenvalue weighted by molar-refractivity contribution is 6.32. The number of nitrogens with zero attached hydrogens (tertiary/aromatic N) is 4. The lowest BCUT2D eigenvalue weighted by Crippen LogP contribution is -2.44. The summed E-state index contributed by atoms with van der Waals surface area (Å²) < 4.78 is 19.3. The summed E-state index contributed by atoms with van der Waals surface area (Å²) >= 11 is 6.58. The number of piperidine rings is 1. The molecule has 2 aromatic heterocycles. The second kappa shape index (κ2) is 12.6. The molecule has 206 valence electrons. The lowest BCUT2D eigenvalue weighted by Gasteiger charge is -2.33. The summed E-state index contributed by atoms with van der Waals surface area (Å²) in [5, 5.41) is 12.7. The molecule has 11 heteroatoms. The van der Waals surface area contributed by atoms with Gasteiger partial charge in [-0.05, 0) is 51.5 Å². The van der Waals surface area contributed by atoms with Crippen LogP contribution >= 0.6 is 11.6 Å². The molecule has 1 amide bonds. The molecule has 10 nitrogen and oxygen atoms in total. The predicted molar refractivity (Wildman–Crippen MR) is 146 cm³/mol. The number of ether oxygens (including phenoxy) is 3. The molecule has 1 aromatic carbocycles. The molecule has 0 spiro atoms. The maximum atomic E-state index is 12.3. The number of rotatable bonds is 10. The minimum absolute atomic E-state index is 0.0330. The van der Waals surface area contributed by atoms with Crippen LogP contribution in [-0.2, 0) is 16.0 Å². The maximum Gasteiger partial charge on any atom is 0.410 e. The van der Waals surface area contributed by atoms with Crippen LogP contribution in [0.3, 0.4) is 0 Å². The van der Waals surface area contributed by atoms with E-state index in [1.807, 2.05) is 55.8 Å². The van der Waals surface area contributed by atoms with Gasteiger partial charge >= 0.3 is 6.09 Å². The van der Waals surface area contributed by atoms with E-state index >= 15 is 0 Å². The fourth-order valence-corrected chi connectivity index (χ4v) is 4.44. The minimum atomic E-state index is -0.510. The van der Waals surface area contributed by atoms with Gasteiger partial charge in [0.2, 0.25) is 0 Å². The van der Waals surface area contributed by atoms with Crippen molar-refractivity contribution in [2.24, 2.45) is 0 Å². The summed E-state index contributed by atoms with van der Waals surface area (Å²) in [6.07, 6.45) is 5.18. The zero-order valence-electron chi connectivity index (χ0n) is 22.2. The van der Waals surface area contributed by atoms with E-state index < -0.39 is 5.60 Å². The van der Waals surface area contributed by atoms with Gasteiger partial charge in [0.1, 0.15) is 29.3 Å². The number of carbonyl (C=O) groups is 1. The molecule has 3 aromatic rings. The number of anilines is 2. The number of aromatic nitrogens is 3. The molecule has 1 saturated heterocycles. The second-order valence-corrected chi connectivity index (χ2v) is 10.6. The Balaban J connectivity index is 1.36. The molecule has 0 saturated carbocycles. The number of fused-ring (bicyclic) bond motifs is 1. The lowest BCUT2D eigenvalue weighted by molar-refractivity contribution is 0.0126. The predicted octanol–water partition coefficient (Wildman–Crippen LogP) is 5.01. The number of benzene rings is 1. The van der Waals surface area contributed by atoms with Gasteiger partial charge in [0.25, 0.3) is 0 Å². The van der Waals surface area contributed by atoms with Crippen molar-refractivity contribution in [2.45, 2.75) is 58.3 Å². The summed E-state index contributed by atoms with van der Waals surface area (Å²) in [7, 11) is 0. The Morgan fingerprint density at radius 3 is 2.68 bits per heavy atom. The van der Waals surface area contributed by atoms with Crippen LogP contribution in [0.25, 0.3) is 11.0 Å². The van der Waals surface area contributed by atoms with Crippen LogP contribution < -0.4 is 10.1 Å². The standard InChI is InChI=1S/C27H36ClN5O5/c1-27(2,3)38-26(35)33-10-7-20(8-11-33)37-23-6-5-19(17-21(23)28)31-25-24-22(29-18-30-25)9-12-32(24)13-16-36-15-4-14-34/h5-6,9,12,17-18,20,34H,4,7-8,10-11,13-16H2,1-3H3,(H,29,30,31). The normalized spacial score (nSPS) is 14.6. The minimum Gasteiger partial charge on any atom is -0.489 e. The van der Waals surface area contributed by atoms with Gasteiger partial charge in [0, 0.05) is 57.6 Å². The van der Waals surface area contributed by atoms with Gasteiger partial charge < -0.3 is 34.1 Å². The first kappa shape index (κ1) is 27.9. The molecular formula is C27H36ClN5O5. The summed E-state index contributed by atoms with van der Waals surface area (Å²) in [4.78, 5) is 22.8. The molecule has 1 aliphatic rings. The molecular weight excluding hydrogens is 510 g/mol. The van der Waals surface area contributed by atoms with E-state index in [0.717, 1.165) is 16.7 Å². The number of hydrogen-bond acceptors (Lipinski definition) is 8. The number of likely N-dealkylation sites (tertiary alicyclic amines) is 1. The smallest absolute Gasteiger partial charge is 0.410 e. The van der Waals surface area contributed by atoms with Crippen molar-refractivity contribution in [3.8, 4) is 5.75 Å². The molecule has 1 fully saturated rings. The Bertz CT molecular complexity index is 1220. The highest BCUT2D eigenvalue weighted by atomic mass is 35.5. The van der Waals surface area contributed by atoms with Crippen LogP contribution in [0.5, 0.6) is 5.75 Å². The van der Waals surface area contributed by atoms with E-state index in [9.17, 15) is 4.79 Å². The van der Waals surface area contributed by atoms with Gasteiger partial charge in [-0.25, -0.2) is 14.8 Å². The molecule has 0 atom stereocenters. The third-order valence-electron chi connectivity index (χ3n) is 6.06. The highest BCUT2D eigenvalue weighted by Gasteiger charge is 2.28. The van der Waals surface area contributed by atoms with E-state index in [1.54, 1.807) is 4.90 Å². The number of aliphatic hydroxyl groups is 1. The van der Waals surface area contributed by atoms with Crippen molar-refractivity contribution in [1.29, 1.82) is 0 Å². The molecule has 0 bridgehead atoms. The van der Waals surface area contributed by atoms with Gasteiger partial charge in [0.05, 0.1) is 17.1 Å². The van der Waals surface area contributed by atoms with E-state index in [4.69, 9.17) is 30.9 Å². The summed E-state index contributed by atoms with van der Waals surface area (Å²) in [5.41, 5.74) is 1.95. The van der Waals surface area contributed by atoms with E-state index in [1.165, 1.54) is 6.33 Å². The van der Waals surface area contributed by atoms with Crippen LogP contribution in [0.1, 0.15) is 40.0 Å². The molecule has 2 N–H and O–H groups in total. The maximum absolute atomic E-state index is 12.3. The zero-order chi connectivity index (χ0) is 27.1. The largest absolute Gasteiger partial charge is 0.489 e. The fourth-order valence-electron chi connectivity index (χ4n) is 4.22. The monoisotopic (exact) mass is 545 g/mol. The molecule has 1 aliphatic heterocycles. The van der Waals surface area contributed by atoms with Crippen LogP contribution in [0.15, 0.2) is 36.8 Å². The molecule has 3 heterocycles. The first-order chi connectivity index (χ1) is 18.2. The summed E-state index contributed by atoms with van der Waals surface area (Å²) in [6.45, 7) is 8.54. The van der Waals surface area contributed by atoms with E-state index in [-0.39, 0.29) is 18.8 Å². The van der Waals surface area contributed by atoms with Crippen molar-refractivity contribution in [2.75, 3.05) is 38.2 Å². The lowest BCUT2D eigenvalue weighted by atomic mass is 10.1. The Kier molecular flexibility index (Phi) is 9.30. The Morgan fingerprint density at radius 1 is 1.18 bits per heavy atom. The topological polar surface area (TPSA) is 111 Å². The van der Waals surface area contributed by atoms with Crippen LogP contribution in [0.4, 0.5) is 16.3 Å². The first-order valence-corrected chi connectivity index (χ1v) is 13.3. The average molecular weight is 546 g/mol. The molecule has 0 unspecified atom stereocenters. The third-order valence-corrected chi connectivity index (χ3v) is 6.35. The van der Waals surface area contributed by atoms with E-state index in [0.29, 0.717) is 68.7 Å². The molecule has 0 radical (unpaired) electrons. The van der Waals surface area contributed by atoms with Crippen molar-refractivity contribution in [3.63, 3.8) is 0 Å². The van der Waals surface area contributed by atoms with Crippen molar-refractivity contribution < 1.29 is 24.1 Å². The highest BCUT2D eigenvalue weighted by Crippen LogP contribution is 2.32. The second-order valence-electron chi connectivity index (χ2n) is 10.2. The average Bonchev–Trinajstić information content (AvgIpc) is 3.29. The van der Waals surface area contributed by atoms with Crippen LogP contribution in [0, 0.1) is 0 Å². The quantitative estimate of drug-likeness (QED) is 0.342. The Morgan fingerprint density at radius 2 is 1.97 bits per heavy atom. The first-order valence-electron chi connectivity index (χ1n) is 12.9. The SMILES string of the molecule is CC(C)(C)OC(=O)N1CCC(Oc2ccc(Nc3ncnc4ccn(CCOCCCO)c34)cc2Cl)CC1. The van der Waals surface area contributed by atoms with Gasteiger partial charge in [-0.1, -0.05) is 11.6 Å². The molecule has 38 heavy (non-hydrogen) atoms. The number of hydrogen-bond donors (Lipinski definition) is 2. The summed E-state index contributed by atoms with van der Waals surface area (Å²) in [5.74, 6) is 1.26. The van der Waals surface area contributed by atoms with Gasteiger partial charge in [0.15, 0.2) is 5.82 Å². The van der Waals surface area contributed by atoms with Gasteiger partial charge in [-0.15, -0.1) is 0 Å². The number of halogens is 1. The molecule has 0 aliphatic carbocycles. The zero-order valence-corrected chi connectivity index (χ0v) is 22.9. The van der Waals surface area contributed by atoms with E-state index in [2.05, 4.69) is 15.3 Å². The van der Waals surface area contributed by atoms with Crippen LogP contribution in [-0.4, -0.2) is 75.2 Å². The number of nitrogens with one attached hydrogen (secondary N) is 1. The van der Waals surface area contributed by atoms with Crippen molar-refractivity contribution in [1.82, 2.24) is 19.4 Å². The van der Waals surface area contributed by atoms with Gasteiger partial charge in [-0.3, -0.25) is 0 Å². The van der Waals surface area contributed by atoms with Crippen molar-refractivity contribution in [3.05, 3.63) is 41.8 Å². The number of aliphatic hydroxyl groups excluding tert-OH is 1.